The second-order valence-corrected chi connectivity index (χ2v) is 11.3. The number of carbonyl (C=O) groups excluding carboxylic acids is 1. The SMILES string of the molecule is CC(C)CNC/C=C/C(=O)N1CCc2c(sc3ncnc(Nc4ccc(OCc5cccnc5)c(Cl)c4)c23)C1. The number of nitrogens with zero attached hydrogens (tertiary/aromatic N) is 4. The number of anilines is 2. The number of thiophene rings is 1. The number of fused-ring (bicyclic) bond motifs is 3. The zero-order chi connectivity index (χ0) is 27.2. The van der Waals surface area contributed by atoms with Crippen LogP contribution in [-0.2, 0) is 24.4 Å². The minimum atomic E-state index is 0.0364. The Hall–Kier alpha value is -3.53. The smallest absolute Gasteiger partial charge is 0.246 e. The molecule has 0 bridgehead atoms. The van der Waals surface area contributed by atoms with Gasteiger partial charge in [-0.2, -0.15) is 0 Å². The summed E-state index contributed by atoms with van der Waals surface area (Å²) in [4.78, 5) is 29.9. The average molecular weight is 563 g/mol. The summed E-state index contributed by atoms with van der Waals surface area (Å²) in [7, 11) is 0. The normalized spacial score (nSPS) is 13.3. The van der Waals surface area contributed by atoms with E-state index in [-0.39, 0.29) is 5.91 Å². The number of pyridine rings is 1. The first kappa shape index (κ1) is 27.1. The number of nitrogens with one attached hydrogen (secondary N) is 2. The fraction of sp³-hybridized carbons (Fsp3) is 0.310. The van der Waals surface area contributed by atoms with Gasteiger partial charge in [-0.25, -0.2) is 9.97 Å². The number of benzene rings is 1. The maximum Gasteiger partial charge on any atom is 0.246 e. The fourth-order valence-electron chi connectivity index (χ4n) is 4.41. The second kappa shape index (κ2) is 12.5. The van der Waals surface area contributed by atoms with Crippen LogP contribution in [0.3, 0.4) is 0 Å². The van der Waals surface area contributed by atoms with Crippen LogP contribution in [0.5, 0.6) is 5.75 Å². The molecule has 0 spiro atoms. The van der Waals surface area contributed by atoms with Gasteiger partial charge in [0.15, 0.2) is 0 Å². The minimum Gasteiger partial charge on any atom is -0.487 e. The Kier molecular flexibility index (Phi) is 8.71. The molecule has 0 fully saturated rings. The molecule has 8 nitrogen and oxygen atoms in total. The lowest BCUT2D eigenvalue weighted by Gasteiger charge is -2.26. The van der Waals surface area contributed by atoms with Gasteiger partial charge in [0, 0.05) is 47.7 Å². The van der Waals surface area contributed by atoms with Crippen molar-refractivity contribution in [3.8, 4) is 5.75 Å². The minimum absolute atomic E-state index is 0.0364. The van der Waals surface area contributed by atoms with E-state index in [1.807, 2.05) is 41.3 Å². The summed E-state index contributed by atoms with van der Waals surface area (Å²) in [6, 6.07) is 9.42. The van der Waals surface area contributed by atoms with Crippen molar-refractivity contribution in [2.75, 3.05) is 25.0 Å². The lowest BCUT2D eigenvalue weighted by atomic mass is 10.0. The van der Waals surface area contributed by atoms with Gasteiger partial charge in [0.05, 0.1) is 17.0 Å². The van der Waals surface area contributed by atoms with Crippen molar-refractivity contribution in [1.82, 2.24) is 25.2 Å². The highest BCUT2D eigenvalue weighted by Crippen LogP contribution is 2.38. The molecule has 1 aliphatic heterocycles. The van der Waals surface area contributed by atoms with Crippen LogP contribution in [0.25, 0.3) is 10.2 Å². The maximum absolute atomic E-state index is 12.8. The second-order valence-electron chi connectivity index (χ2n) is 9.79. The highest BCUT2D eigenvalue weighted by Gasteiger charge is 2.25. The largest absolute Gasteiger partial charge is 0.487 e. The van der Waals surface area contributed by atoms with E-state index in [0.29, 0.717) is 42.9 Å². The van der Waals surface area contributed by atoms with Crippen LogP contribution in [0.15, 0.2) is 61.2 Å². The molecule has 1 amide bonds. The van der Waals surface area contributed by atoms with E-state index < -0.39 is 0 Å². The number of hydrogen-bond acceptors (Lipinski definition) is 8. The molecule has 39 heavy (non-hydrogen) atoms. The molecule has 0 saturated heterocycles. The molecular weight excluding hydrogens is 532 g/mol. The topological polar surface area (TPSA) is 92.3 Å². The summed E-state index contributed by atoms with van der Waals surface area (Å²) < 4.78 is 5.87. The van der Waals surface area contributed by atoms with Crippen LogP contribution in [0.2, 0.25) is 5.02 Å². The standard InChI is InChI=1S/C29H31ClN6O2S/c1-19(2)14-31-11-4-6-26(37)36-12-9-22-25(16-36)39-29-27(22)28(33-18-34-29)35-21-7-8-24(23(30)13-21)38-17-20-5-3-10-32-15-20/h3-8,10,13,15,18-19,31H,9,11-12,14,16-17H2,1-2H3,(H,33,34,35)/b6-4+. The van der Waals surface area contributed by atoms with Crippen molar-refractivity contribution in [1.29, 1.82) is 0 Å². The summed E-state index contributed by atoms with van der Waals surface area (Å²) in [5, 5.41) is 8.25. The molecule has 1 aliphatic rings. The van der Waals surface area contributed by atoms with E-state index in [9.17, 15) is 4.79 Å². The summed E-state index contributed by atoms with van der Waals surface area (Å²) in [6.45, 7) is 7.57. The monoisotopic (exact) mass is 562 g/mol. The van der Waals surface area contributed by atoms with Crippen LogP contribution >= 0.6 is 22.9 Å². The van der Waals surface area contributed by atoms with Gasteiger partial charge in [-0.1, -0.05) is 37.6 Å². The highest BCUT2D eigenvalue weighted by molar-refractivity contribution is 7.19. The molecule has 1 aromatic carbocycles. The van der Waals surface area contributed by atoms with Crippen LogP contribution in [0.4, 0.5) is 11.5 Å². The van der Waals surface area contributed by atoms with E-state index in [4.69, 9.17) is 16.3 Å². The van der Waals surface area contributed by atoms with E-state index in [1.165, 1.54) is 5.56 Å². The molecule has 0 aliphatic carbocycles. The van der Waals surface area contributed by atoms with Crippen molar-refractivity contribution >= 4 is 50.6 Å². The lowest BCUT2D eigenvalue weighted by Crippen LogP contribution is -2.34. The van der Waals surface area contributed by atoms with Crippen molar-refractivity contribution in [2.24, 2.45) is 5.92 Å². The molecule has 4 aromatic rings. The Morgan fingerprint density at radius 1 is 1.28 bits per heavy atom. The van der Waals surface area contributed by atoms with Gasteiger partial charge in [-0.15, -0.1) is 11.3 Å². The van der Waals surface area contributed by atoms with Crippen LogP contribution in [-0.4, -0.2) is 45.4 Å². The average Bonchev–Trinajstić information content (AvgIpc) is 3.31. The first-order valence-corrected chi connectivity index (χ1v) is 14.2. The zero-order valence-electron chi connectivity index (χ0n) is 22.0. The first-order valence-electron chi connectivity index (χ1n) is 13.0. The van der Waals surface area contributed by atoms with Crippen LogP contribution in [0.1, 0.15) is 29.9 Å². The number of ether oxygens (including phenoxy) is 1. The quantitative estimate of drug-likeness (QED) is 0.188. The maximum atomic E-state index is 12.8. The third kappa shape index (κ3) is 6.73. The number of rotatable bonds is 10. The molecule has 0 saturated carbocycles. The molecule has 202 valence electrons. The van der Waals surface area contributed by atoms with Gasteiger partial charge < -0.3 is 20.3 Å². The van der Waals surface area contributed by atoms with Gasteiger partial charge in [-0.05, 0) is 48.7 Å². The molecule has 4 heterocycles. The van der Waals surface area contributed by atoms with E-state index >= 15 is 0 Å². The lowest BCUT2D eigenvalue weighted by molar-refractivity contribution is -0.126. The van der Waals surface area contributed by atoms with Crippen LogP contribution in [0, 0.1) is 5.92 Å². The Morgan fingerprint density at radius 3 is 2.97 bits per heavy atom. The van der Waals surface area contributed by atoms with Crippen molar-refractivity contribution in [3.05, 3.63) is 82.2 Å². The Bertz CT molecular complexity index is 1470. The third-order valence-corrected chi connectivity index (χ3v) is 7.76. The molecule has 5 rings (SSSR count). The Balaban J connectivity index is 1.26. The van der Waals surface area contributed by atoms with E-state index in [0.717, 1.165) is 45.1 Å². The molecule has 10 heteroatoms. The van der Waals surface area contributed by atoms with Crippen molar-refractivity contribution in [2.45, 2.75) is 33.4 Å². The van der Waals surface area contributed by atoms with Crippen molar-refractivity contribution < 1.29 is 9.53 Å². The Labute approximate surface area is 237 Å². The fourth-order valence-corrected chi connectivity index (χ4v) is 5.85. The summed E-state index contributed by atoms with van der Waals surface area (Å²) in [5.74, 6) is 1.95. The van der Waals surface area contributed by atoms with Gasteiger partial charge in [0.25, 0.3) is 0 Å². The summed E-state index contributed by atoms with van der Waals surface area (Å²) in [6.07, 6.45) is 9.39. The number of hydrogen-bond donors (Lipinski definition) is 2. The summed E-state index contributed by atoms with van der Waals surface area (Å²) >= 11 is 8.15. The highest BCUT2D eigenvalue weighted by atomic mass is 35.5. The van der Waals surface area contributed by atoms with Crippen molar-refractivity contribution in [3.63, 3.8) is 0 Å². The van der Waals surface area contributed by atoms with E-state index in [2.05, 4.69) is 39.4 Å². The predicted molar refractivity (Wildman–Crippen MR) is 157 cm³/mol. The van der Waals surface area contributed by atoms with Gasteiger partial charge in [-0.3, -0.25) is 9.78 Å². The van der Waals surface area contributed by atoms with Gasteiger partial charge in [0.1, 0.15) is 29.3 Å². The molecule has 0 radical (unpaired) electrons. The summed E-state index contributed by atoms with van der Waals surface area (Å²) in [5.41, 5.74) is 2.97. The molecule has 0 unspecified atom stereocenters. The Morgan fingerprint density at radius 2 is 2.18 bits per heavy atom. The molecule has 0 atom stereocenters. The number of carbonyl (C=O) groups is 1. The predicted octanol–water partition coefficient (Wildman–Crippen LogP) is 5.75. The van der Waals surface area contributed by atoms with Gasteiger partial charge >= 0.3 is 0 Å². The molecule has 3 aromatic heterocycles. The number of halogens is 1. The first-order chi connectivity index (χ1) is 19.0. The number of aromatic nitrogens is 3. The molecular formula is C29H31ClN6O2S. The third-order valence-electron chi connectivity index (χ3n) is 6.34. The van der Waals surface area contributed by atoms with E-state index in [1.54, 1.807) is 36.1 Å². The number of amides is 1. The van der Waals surface area contributed by atoms with Crippen LogP contribution < -0.4 is 15.4 Å². The van der Waals surface area contributed by atoms with Gasteiger partial charge in [0.2, 0.25) is 5.91 Å². The zero-order valence-corrected chi connectivity index (χ0v) is 23.6. The molecule has 2 N–H and O–H groups in total.